The molecule has 4 aromatic carbocycles. The van der Waals surface area contributed by atoms with E-state index in [-0.39, 0.29) is 35.5 Å². The van der Waals surface area contributed by atoms with E-state index >= 15 is 0 Å². The lowest BCUT2D eigenvalue weighted by Crippen LogP contribution is -2.54. The zero-order valence-corrected chi connectivity index (χ0v) is 28.3. The molecule has 0 spiro atoms. The van der Waals surface area contributed by atoms with E-state index < -0.39 is 28.5 Å². The van der Waals surface area contributed by atoms with Crippen molar-refractivity contribution in [2.24, 2.45) is 0 Å². The van der Waals surface area contributed by atoms with E-state index in [4.69, 9.17) is 16.3 Å². The molecule has 1 atom stereocenters. The van der Waals surface area contributed by atoms with Crippen LogP contribution in [0.2, 0.25) is 5.02 Å². The van der Waals surface area contributed by atoms with Crippen LogP contribution in [0.4, 0.5) is 5.69 Å². The molecule has 236 valence electrons. The molecule has 0 aliphatic rings. The van der Waals surface area contributed by atoms with E-state index in [1.807, 2.05) is 68.4 Å². The lowest BCUT2D eigenvalue weighted by Gasteiger charge is -2.34. The van der Waals surface area contributed by atoms with Crippen LogP contribution in [0.1, 0.15) is 25.0 Å². The highest BCUT2D eigenvalue weighted by Crippen LogP contribution is 2.28. The highest BCUT2D eigenvalue weighted by molar-refractivity contribution is 9.10. The maximum absolute atomic E-state index is 14.5. The topological polar surface area (TPSA) is 96.0 Å². The molecule has 0 saturated heterocycles. The Bertz CT molecular complexity index is 1720. The highest BCUT2D eigenvalue weighted by Gasteiger charge is 2.35. The molecule has 1 N–H and O–H groups in total. The molecule has 4 rings (SSSR count). The van der Waals surface area contributed by atoms with Crippen LogP contribution < -0.4 is 14.4 Å². The first-order chi connectivity index (χ1) is 21.5. The lowest BCUT2D eigenvalue weighted by atomic mass is 10.0. The van der Waals surface area contributed by atoms with E-state index in [9.17, 15) is 18.0 Å². The van der Waals surface area contributed by atoms with Gasteiger partial charge in [-0.15, -0.1) is 0 Å². The predicted octanol–water partition coefficient (Wildman–Crippen LogP) is 6.47. The summed E-state index contributed by atoms with van der Waals surface area (Å²) in [5, 5.41) is 3.26. The third-order valence-electron chi connectivity index (χ3n) is 6.97. The van der Waals surface area contributed by atoms with Crippen molar-refractivity contribution in [1.82, 2.24) is 10.2 Å². The van der Waals surface area contributed by atoms with Gasteiger partial charge in [0, 0.05) is 28.5 Å². The van der Waals surface area contributed by atoms with Crippen molar-refractivity contribution in [3.63, 3.8) is 0 Å². The molecule has 0 aromatic heterocycles. The molecule has 4 aromatic rings. The van der Waals surface area contributed by atoms with Crippen LogP contribution in [0, 0.1) is 0 Å². The van der Waals surface area contributed by atoms with Crippen molar-refractivity contribution in [3.8, 4) is 5.75 Å². The van der Waals surface area contributed by atoms with Gasteiger partial charge in [0.15, 0.2) is 0 Å². The summed E-state index contributed by atoms with van der Waals surface area (Å²) < 4.78 is 35.3. The van der Waals surface area contributed by atoms with Crippen LogP contribution >= 0.6 is 27.5 Å². The van der Waals surface area contributed by atoms with Gasteiger partial charge in [0.25, 0.3) is 10.0 Å². The van der Waals surface area contributed by atoms with Crippen LogP contribution in [0.15, 0.2) is 112 Å². The largest absolute Gasteiger partial charge is 0.497 e. The Morgan fingerprint density at radius 2 is 1.56 bits per heavy atom. The van der Waals surface area contributed by atoms with Crippen molar-refractivity contribution < 1.29 is 22.7 Å². The average Bonchev–Trinajstić information content (AvgIpc) is 3.01. The van der Waals surface area contributed by atoms with Gasteiger partial charge in [-0.1, -0.05) is 76.1 Å². The molecule has 0 fully saturated rings. The smallest absolute Gasteiger partial charge is 0.264 e. The first-order valence-electron chi connectivity index (χ1n) is 14.3. The maximum Gasteiger partial charge on any atom is 0.264 e. The van der Waals surface area contributed by atoms with Crippen molar-refractivity contribution >= 4 is 55.1 Å². The standard InChI is InChI=1S/C34H35BrClN3O5S/c1-24(2)37-34(41)32(20-25-9-5-4-6-10-25)38(22-26-11-7-12-27(35)19-26)33(40)23-39(29-14-8-13-28(36)21-29)45(42,43)31-17-15-30(44-3)16-18-31/h4-19,21,24,32H,20,22-23H2,1-3H3,(H,37,41)/t32-/m0/s1. The number of methoxy groups -OCH3 is 1. The molecule has 0 heterocycles. The number of benzene rings is 4. The molecule has 8 nitrogen and oxygen atoms in total. The van der Waals surface area contributed by atoms with Crippen LogP contribution in [0.5, 0.6) is 5.75 Å². The van der Waals surface area contributed by atoms with Crippen LogP contribution in [-0.2, 0) is 32.6 Å². The third kappa shape index (κ3) is 9.09. The summed E-state index contributed by atoms with van der Waals surface area (Å²) >= 11 is 9.78. The molecular formula is C34H35BrClN3O5S. The minimum Gasteiger partial charge on any atom is -0.497 e. The number of amides is 2. The second-order valence-electron chi connectivity index (χ2n) is 10.7. The molecule has 0 aliphatic heterocycles. The van der Waals surface area contributed by atoms with Crippen LogP contribution in [0.3, 0.4) is 0 Å². The molecule has 0 bridgehead atoms. The minimum atomic E-state index is -4.26. The van der Waals surface area contributed by atoms with Gasteiger partial charge in [-0.25, -0.2) is 8.42 Å². The fourth-order valence-corrected chi connectivity index (χ4v) is 6.84. The van der Waals surface area contributed by atoms with E-state index in [1.165, 1.54) is 42.3 Å². The number of hydrogen-bond acceptors (Lipinski definition) is 5. The van der Waals surface area contributed by atoms with Crippen LogP contribution in [0.25, 0.3) is 0 Å². The lowest BCUT2D eigenvalue weighted by molar-refractivity contribution is -0.140. The summed E-state index contributed by atoms with van der Waals surface area (Å²) in [4.78, 5) is 29.7. The predicted molar refractivity (Wildman–Crippen MR) is 181 cm³/mol. The molecule has 2 amide bonds. The number of nitrogens with zero attached hydrogens (tertiary/aromatic N) is 2. The second kappa shape index (κ2) is 15.4. The summed E-state index contributed by atoms with van der Waals surface area (Å²) in [6.07, 6.45) is 0.224. The van der Waals surface area contributed by atoms with Gasteiger partial charge in [-0.05, 0) is 79.6 Å². The van der Waals surface area contributed by atoms with Gasteiger partial charge in [-0.2, -0.15) is 0 Å². The fraction of sp³-hybridized carbons (Fsp3) is 0.235. The van der Waals surface area contributed by atoms with Gasteiger partial charge in [-0.3, -0.25) is 13.9 Å². The molecule has 11 heteroatoms. The molecule has 45 heavy (non-hydrogen) atoms. The Balaban J connectivity index is 1.81. The number of carbonyl (C=O) groups is 2. The van der Waals surface area contributed by atoms with Crippen LogP contribution in [-0.4, -0.2) is 50.9 Å². The van der Waals surface area contributed by atoms with E-state index in [1.54, 1.807) is 18.2 Å². The van der Waals surface area contributed by atoms with Crippen molar-refractivity contribution in [3.05, 3.63) is 124 Å². The zero-order valence-electron chi connectivity index (χ0n) is 25.2. The first kappa shape index (κ1) is 34.0. The number of anilines is 1. The Kier molecular flexibility index (Phi) is 11.7. The van der Waals surface area contributed by atoms with Gasteiger partial charge in [0.05, 0.1) is 17.7 Å². The Labute approximate surface area is 278 Å². The fourth-order valence-electron chi connectivity index (χ4n) is 4.80. The van der Waals surface area contributed by atoms with Gasteiger partial charge < -0.3 is 15.0 Å². The second-order valence-corrected chi connectivity index (χ2v) is 13.9. The molecule has 0 unspecified atom stereocenters. The number of sulfonamides is 1. The number of hydrogen-bond donors (Lipinski definition) is 1. The SMILES string of the molecule is COc1ccc(S(=O)(=O)N(CC(=O)N(Cc2cccc(Br)c2)[C@@H](Cc2ccccc2)C(=O)NC(C)C)c2cccc(Cl)c2)cc1. The van der Waals surface area contributed by atoms with Crippen molar-refractivity contribution in [2.75, 3.05) is 18.0 Å². The molecule has 0 saturated carbocycles. The Morgan fingerprint density at radius 1 is 0.889 bits per heavy atom. The van der Waals surface area contributed by atoms with E-state index in [2.05, 4.69) is 21.2 Å². The maximum atomic E-state index is 14.5. The Hall–Kier alpha value is -3.86. The Morgan fingerprint density at radius 3 is 2.18 bits per heavy atom. The quantitative estimate of drug-likeness (QED) is 0.172. The number of ether oxygens (including phenoxy) is 1. The number of nitrogens with one attached hydrogen (secondary N) is 1. The number of carbonyl (C=O) groups excluding carboxylic acids is 2. The highest BCUT2D eigenvalue weighted by atomic mass is 79.9. The molecule has 0 radical (unpaired) electrons. The molecule has 0 aliphatic carbocycles. The summed E-state index contributed by atoms with van der Waals surface area (Å²) in [5.74, 6) is -0.421. The summed E-state index contributed by atoms with van der Waals surface area (Å²) in [6, 6.07) is 27.9. The summed E-state index contributed by atoms with van der Waals surface area (Å²) in [5.41, 5.74) is 1.83. The summed E-state index contributed by atoms with van der Waals surface area (Å²) in [7, 11) is -2.78. The van der Waals surface area contributed by atoms with E-state index in [0.29, 0.717) is 10.8 Å². The van der Waals surface area contributed by atoms with Crippen molar-refractivity contribution in [2.45, 2.75) is 43.8 Å². The average molecular weight is 713 g/mol. The first-order valence-corrected chi connectivity index (χ1v) is 16.9. The summed E-state index contributed by atoms with van der Waals surface area (Å²) in [6.45, 7) is 3.18. The van der Waals surface area contributed by atoms with E-state index in [0.717, 1.165) is 19.9 Å². The minimum absolute atomic E-state index is 0.0343. The normalized spacial score (nSPS) is 12.0. The molecular weight excluding hydrogens is 678 g/mol. The number of rotatable bonds is 13. The monoisotopic (exact) mass is 711 g/mol. The van der Waals surface area contributed by atoms with Gasteiger partial charge in [0.2, 0.25) is 11.8 Å². The van der Waals surface area contributed by atoms with Crippen molar-refractivity contribution in [1.29, 1.82) is 0 Å². The number of halogens is 2. The third-order valence-corrected chi connectivity index (χ3v) is 9.48. The van der Waals surface area contributed by atoms with Gasteiger partial charge >= 0.3 is 0 Å². The zero-order chi connectivity index (χ0) is 32.6. The van der Waals surface area contributed by atoms with Gasteiger partial charge in [0.1, 0.15) is 18.3 Å².